The minimum atomic E-state index is -4.61. The molecule has 0 fully saturated rings. The van der Waals surface area contributed by atoms with Gasteiger partial charge in [-0.05, 0) is 12.2 Å². The van der Waals surface area contributed by atoms with Crippen LogP contribution < -0.4 is 11.1 Å². The number of nitrogens with one attached hydrogen (secondary N) is 1. The van der Waals surface area contributed by atoms with Crippen LogP contribution in [0.3, 0.4) is 0 Å². The first-order valence-corrected chi connectivity index (χ1v) is 6.73. The molecule has 1 heterocycles. The molecule has 0 aliphatic rings. The van der Waals surface area contributed by atoms with Crippen molar-refractivity contribution in [1.29, 1.82) is 0 Å². The van der Waals surface area contributed by atoms with Gasteiger partial charge in [-0.15, -0.1) is 0 Å². The summed E-state index contributed by atoms with van der Waals surface area (Å²) in [6.45, 7) is 0.599. The van der Waals surface area contributed by atoms with E-state index < -0.39 is 12.0 Å². The zero-order valence-corrected chi connectivity index (χ0v) is 10.9. The van der Waals surface area contributed by atoms with Crippen LogP contribution in [0.2, 0.25) is 0 Å². The maximum atomic E-state index is 12.4. The molecular weight excluding hydrogens is 281 g/mol. The largest absolute Gasteiger partial charge is 0.451 e. The SMILES string of the molecule is Nc1cc(NCCSCCCO)nc(C(F)(F)F)n1. The first kappa shape index (κ1) is 15.8. The fourth-order valence-corrected chi connectivity index (χ4v) is 1.99. The van der Waals surface area contributed by atoms with E-state index in [-0.39, 0.29) is 18.2 Å². The molecule has 4 N–H and O–H groups in total. The third kappa shape index (κ3) is 5.97. The van der Waals surface area contributed by atoms with Crippen molar-refractivity contribution in [2.45, 2.75) is 12.6 Å². The van der Waals surface area contributed by atoms with E-state index in [4.69, 9.17) is 10.8 Å². The number of hydrogen-bond acceptors (Lipinski definition) is 6. The minimum absolute atomic E-state index is 0.0579. The molecule has 0 saturated heterocycles. The third-order valence-corrected chi connectivity index (χ3v) is 3.07. The van der Waals surface area contributed by atoms with Gasteiger partial charge in [0.05, 0.1) is 0 Å². The van der Waals surface area contributed by atoms with Crippen LogP contribution in [0, 0.1) is 0 Å². The number of nitrogen functional groups attached to an aromatic ring is 1. The number of nitrogens with zero attached hydrogens (tertiary/aromatic N) is 2. The Hall–Kier alpha value is -1.22. The van der Waals surface area contributed by atoms with Crippen molar-refractivity contribution in [3.05, 3.63) is 11.9 Å². The molecule has 0 bridgehead atoms. The van der Waals surface area contributed by atoms with Crippen molar-refractivity contribution >= 4 is 23.4 Å². The predicted octanol–water partition coefficient (Wildman–Crippen LogP) is 1.61. The van der Waals surface area contributed by atoms with Gasteiger partial charge in [0.2, 0.25) is 5.82 Å². The lowest BCUT2D eigenvalue weighted by Crippen LogP contribution is -2.15. The second-order valence-corrected chi connectivity index (χ2v) is 4.84. The van der Waals surface area contributed by atoms with Crippen molar-refractivity contribution in [2.75, 3.05) is 35.7 Å². The molecule has 0 radical (unpaired) electrons. The number of rotatable bonds is 7. The smallest absolute Gasteiger partial charge is 0.396 e. The van der Waals surface area contributed by atoms with E-state index in [0.717, 1.165) is 5.75 Å². The Kier molecular flexibility index (Phi) is 6.16. The molecule has 0 spiro atoms. The average molecular weight is 296 g/mol. The summed E-state index contributed by atoms with van der Waals surface area (Å²) in [5, 5.41) is 11.3. The lowest BCUT2D eigenvalue weighted by molar-refractivity contribution is -0.144. The number of aromatic nitrogens is 2. The fourth-order valence-electron chi connectivity index (χ4n) is 1.20. The highest BCUT2D eigenvalue weighted by Gasteiger charge is 2.35. The predicted molar refractivity (Wildman–Crippen MR) is 69.0 cm³/mol. The van der Waals surface area contributed by atoms with Crippen LogP contribution in [0.4, 0.5) is 24.8 Å². The molecule has 1 aromatic heterocycles. The molecular formula is C10H15F3N4OS. The second-order valence-electron chi connectivity index (χ2n) is 3.62. The Morgan fingerprint density at radius 1 is 1.32 bits per heavy atom. The number of alkyl halides is 3. The van der Waals surface area contributed by atoms with Crippen LogP contribution >= 0.6 is 11.8 Å². The maximum absolute atomic E-state index is 12.4. The number of halogens is 3. The van der Waals surface area contributed by atoms with E-state index in [1.165, 1.54) is 6.07 Å². The molecule has 0 atom stereocenters. The molecule has 1 aromatic rings. The highest BCUT2D eigenvalue weighted by Crippen LogP contribution is 2.27. The molecule has 1 rings (SSSR count). The van der Waals surface area contributed by atoms with Crippen molar-refractivity contribution in [3.63, 3.8) is 0 Å². The van der Waals surface area contributed by atoms with E-state index in [1.54, 1.807) is 11.8 Å². The monoisotopic (exact) mass is 296 g/mol. The van der Waals surface area contributed by atoms with Crippen LogP contribution in [0.15, 0.2) is 6.07 Å². The molecule has 0 unspecified atom stereocenters. The van der Waals surface area contributed by atoms with E-state index in [2.05, 4.69) is 15.3 Å². The van der Waals surface area contributed by atoms with Crippen molar-refractivity contribution in [3.8, 4) is 0 Å². The van der Waals surface area contributed by atoms with Crippen LogP contribution in [-0.4, -0.2) is 39.7 Å². The summed E-state index contributed by atoms with van der Waals surface area (Å²) in [7, 11) is 0. The molecule has 5 nitrogen and oxygen atoms in total. The fraction of sp³-hybridized carbons (Fsp3) is 0.600. The van der Waals surface area contributed by atoms with E-state index in [1.807, 2.05) is 0 Å². The Labute approximate surface area is 112 Å². The van der Waals surface area contributed by atoms with E-state index >= 15 is 0 Å². The van der Waals surface area contributed by atoms with Crippen molar-refractivity contribution in [1.82, 2.24) is 9.97 Å². The van der Waals surface area contributed by atoms with E-state index in [9.17, 15) is 13.2 Å². The number of nitrogens with two attached hydrogens (primary N) is 1. The molecule has 0 amide bonds. The standard InChI is InChI=1S/C10H15F3N4OS/c11-10(12,13)9-16-7(14)6-8(17-9)15-2-5-19-4-1-3-18/h6,18H,1-5H2,(H3,14,15,16,17). The van der Waals surface area contributed by atoms with Crippen LogP contribution in [0.25, 0.3) is 0 Å². The second kappa shape index (κ2) is 7.39. The Bertz CT molecular complexity index is 403. The Morgan fingerprint density at radius 2 is 2.05 bits per heavy atom. The molecule has 0 aromatic carbocycles. The van der Waals surface area contributed by atoms with Gasteiger partial charge in [0, 0.05) is 25.0 Å². The van der Waals surface area contributed by atoms with Gasteiger partial charge in [-0.25, -0.2) is 9.97 Å². The first-order chi connectivity index (χ1) is 8.93. The first-order valence-electron chi connectivity index (χ1n) is 5.57. The number of aliphatic hydroxyl groups is 1. The van der Waals surface area contributed by atoms with Crippen molar-refractivity contribution < 1.29 is 18.3 Å². The van der Waals surface area contributed by atoms with Gasteiger partial charge in [0.25, 0.3) is 0 Å². The minimum Gasteiger partial charge on any atom is -0.396 e. The number of thioether (sulfide) groups is 1. The zero-order chi connectivity index (χ0) is 14.3. The van der Waals surface area contributed by atoms with E-state index in [0.29, 0.717) is 18.7 Å². The van der Waals surface area contributed by atoms with Gasteiger partial charge in [-0.3, -0.25) is 0 Å². The molecule has 0 aliphatic heterocycles. The van der Waals surface area contributed by atoms with Crippen LogP contribution in [0.1, 0.15) is 12.2 Å². The van der Waals surface area contributed by atoms with Crippen LogP contribution in [0.5, 0.6) is 0 Å². The summed E-state index contributed by atoms with van der Waals surface area (Å²) >= 11 is 1.59. The summed E-state index contributed by atoms with van der Waals surface area (Å²) in [5.74, 6) is 0.0895. The van der Waals surface area contributed by atoms with Crippen molar-refractivity contribution in [2.24, 2.45) is 0 Å². The molecule has 9 heteroatoms. The maximum Gasteiger partial charge on any atom is 0.451 e. The number of hydrogen-bond donors (Lipinski definition) is 3. The molecule has 108 valence electrons. The zero-order valence-electron chi connectivity index (χ0n) is 10.1. The topological polar surface area (TPSA) is 84.1 Å². The molecule has 0 saturated carbocycles. The summed E-state index contributed by atoms with van der Waals surface area (Å²) in [6, 6.07) is 1.26. The molecule has 19 heavy (non-hydrogen) atoms. The summed E-state index contributed by atoms with van der Waals surface area (Å²) in [5.41, 5.74) is 5.30. The summed E-state index contributed by atoms with van der Waals surface area (Å²) in [6.07, 6.45) is -3.91. The lowest BCUT2D eigenvalue weighted by atomic mass is 10.4. The Balaban J connectivity index is 2.48. The van der Waals surface area contributed by atoms with Gasteiger partial charge in [-0.2, -0.15) is 24.9 Å². The molecule has 0 aliphatic carbocycles. The van der Waals surface area contributed by atoms with Gasteiger partial charge in [0.1, 0.15) is 11.6 Å². The number of aliphatic hydroxyl groups excluding tert-OH is 1. The highest BCUT2D eigenvalue weighted by molar-refractivity contribution is 7.99. The normalized spacial score (nSPS) is 11.6. The van der Waals surface area contributed by atoms with Crippen LogP contribution in [-0.2, 0) is 6.18 Å². The quantitative estimate of drug-likeness (QED) is 0.663. The van der Waals surface area contributed by atoms with Gasteiger partial charge < -0.3 is 16.2 Å². The highest BCUT2D eigenvalue weighted by atomic mass is 32.2. The van der Waals surface area contributed by atoms with Gasteiger partial charge >= 0.3 is 6.18 Å². The third-order valence-electron chi connectivity index (χ3n) is 2.00. The number of anilines is 2. The van der Waals surface area contributed by atoms with Gasteiger partial charge in [-0.1, -0.05) is 0 Å². The lowest BCUT2D eigenvalue weighted by Gasteiger charge is -2.09. The summed E-state index contributed by atoms with van der Waals surface area (Å²) < 4.78 is 37.3. The van der Waals surface area contributed by atoms with Gasteiger partial charge in [0.15, 0.2) is 0 Å². The average Bonchev–Trinajstić information content (AvgIpc) is 2.32. The summed E-state index contributed by atoms with van der Waals surface area (Å²) in [4.78, 5) is 6.50. The Morgan fingerprint density at radius 3 is 2.68 bits per heavy atom.